The summed E-state index contributed by atoms with van der Waals surface area (Å²) in [7, 11) is 5.69. The van der Waals surface area contributed by atoms with Crippen LogP contribution in [-0.2, 0) is 4.74 Å². The number of nitrogens with zero attached hydrogens (tertiary/aromatic N) is 2. The molecule has 0 aliphatic rings. The van der Waals surface area contributed by atoms with Gasteiger partial charge >= 0.3 is 0 Å². The van der Waals surface area contributed by atoms with E-state index < -0.39 is 0 Å². The van der Waals surface area contributed by atoms with Crippen LogP contribution in [0, 0.1) is 0 Å². The van der Waals surface area contributed by atoms with E-state index in [1.165, 1.54) is 0 Å². The number of hydrogen-bond donors (Lipinski definition) is 1. The van der Waals surface area contributed by atoms with Gasteiger partial charge < -0.3 is 20.3 Å². The molecule has 1 aromatic carbocycles. The van der Waals surface area contributed by atoms with Crippen LogP contribution in [0.25, 0.3) is 0 Å². The molecule has 0 unspecified atom stereocenters. The van der Waals surface area contributed by atoms with Crippen molar-refractivity contribution in [1.29, 1.82) is 0 Å². The molecule has 0 aromatic heterocycles. The quantitative estimate of drug-likeness (QED) is 0.723. The number of carbonyl (C=O) groups excluding carboxylic acids is 1. The van der Waals surface area contributed by atoms with Crippen LogP contribution in [0.15, 0.2) is 22.7 Å². The van der Waals surface area contributed by atoms with Gasteiger partial charge in [-0.1, -0.05) is 0 Å². The molecule has 0 spiro atoms. The van der Waals surface area contributed by atoms with Crippen molar-refractivity contribution < 1.29 is 9.53 Å². The third kappa shape index (κ3) is 6.03. The highest BCUT2D eigenvalue weighted by molar-refractivity contribution is 9.10. The normalized spacial score (nSPS) is 10.9. The van der Waals surface area contributed by atoms with E-state index in [-0.39, 0.29) is 5.91 Å². The molecule has 0 aliphatic heterocycles. The zero-order chi connectivity index (χ0) is 15.8. The third-order valence-electron chi connectivity index (χ3n) is 3.13. The predicted molar refractivity (Wildman–Crippen MR) is 89.5 cm³/mol. The standard InChI is InChI=1S/C15H24BrN3O2/c1-18(2)7-4-8-19(9-10-21-3)15(20)12-5-6-13(16)14(17)11-12/h5-6,11H,4,7-10,17H2,1-3H3. The van der Waals surface area contributed by atoms with Crippen molar-refractivity contribution in [3.63, 3.8) is 0 Å². The van der Waals surface area contributed by atoms with Gasteiger partial charge in [0.25, 0.3) is 5.91 Å². The molecule has 0 saturated heterocycles. The van der Waals surface area contributed by atoms with Crippen molar-refractivity contribution in [3.8, 4) is 0 Å². The first-order valence-electron chi connectivity index (χ1n) is 6.93. The Balaban J connectivity index is 2.75. The Bertz CT molecular complexity index is 466. The lowest BCUT2D eigenvalue weighted by Gasteiger charge is -2.23. The van der Waals surface area contributed by atoms with Gasteiger partial charge in [0.15, 0.2) is 0 Å². The minimum atomic E-state index is -0.00925. The number of anilines is 1. The van der Waals surface area contributed by atoms with Crippen molar-refractivity contribution in [1.82, 2.24) is 9.80 Å². The lowest BCUT2D eigenvalue weighted by atomic mass is 10.1. The largest absolute Gasteiger partial charge is 0.398 e. The molecule has 0 radical (unpaired) electrons. The van der Waals surface area contributed by atoms with Crippen LogP contribution in [0.1, 0.15) is 16.8 Å². The first-order valence-corrected chi connectivity index (χ1v) is 7.73. The Labute approximate surface area is 135 Å². The fourth-order valence-electron chi connectivity index (χ4n) is 1.95. The molecule has 1 aromatic rings. The van der Waals surface area contributed by atoms with Gasteiger partial charge in [0, 0.05) is 35.9 Å². The molecular formula is C15H24BrN3O2. The summed E-state index contributed by atoms with van der Waals surface area (Å²) in [5, 5.41) is 0. The summed E-state index contributed by atoms with van der Waals surface area (Å²) in [4.78, 5) is 16.5. The number of nitrogens with two attached hydrogens (primary N) is 1. The second kappa shape index (κ2) is 9.02. The molecule has 0 saturated carbocycles. The van der Waals surface area contributed by atoms with Crippen LogP contribution in [0.2, 0.25) is 0 Å². The summed E-state index contributed by atoms with van der Waals surface area (Å²) in [6.45, 7) is 2.76. The van der Waals surface area contributed by atoms with E-state index in [1.54, 1.807) is 25.3 Å². The fourth-order valence-corrected chi connectivity index (χ4v) is 2.20. The van der Waals surface area contributed by atoms with Gasteiger partial charge in [0.05, 0.1) is 6.61 Å². The summed E-state index contributed by atoms with van der Waals surface area (Å²) < 4.78 is 5.89. The maximum Gasteiger partial charge on any atom is 0.254 e. The number of rotatable bonds is 8. The van der Waals surface area contributed by atoms with E-state index in [0.717, 1.165) is 17.4 Å². The topological polar surface area (TPSA) is 58.8 Å². The van der Waals surface area contributed by atoms with Crippen molar-refractivity contribution in [2.45, 2.75) is 6.42 Å². The number of ether oxygens (including phenoxy) is 1. The molecule has 0 fully saturated rings. The smallest absolute Gasteiger partial charge is 0.254 e. The highest BCUT2D eigenvalue weighted by Gasteiger charge is 2.16. The lowest BCUT2D eigenvalue weighted by molar-refractivity contribution is 0.0689. The highest BCUT2D eigenvalue weighted by Crippen LogP contribution is 2.21. The predicted octanol–water partition coefficient (Wildman–Crippen LogP) is 2.07. The maximum atomic E-state index is 12.6. The van der Waals surface area contributed by atoms with E-state index >= 15 is 0 Å². The summed E-state index contributed by atoms with van der Waals surface area (Å²) >= 11 is 3.34. The highest BCUT2D eigenvalue weighted by atomic mass is 79.9. The zero-order valence-electron chi connectivity index (χ0n) is 12.9. The Kier molecular flexibility index (Phi) is 7.71. The van der Waals surface area contributed by atoms with E-state index in [1.807, 2.05) is 19.0 Å². The maximum absolute atomic E-state index is 12.6. The van der Waals surface area contributed by atoms with Crippen LogP contribution < -0.4 is 5.73 Å². The third-order valence-corrected chi connectivity index (χ3v) is 3.85. The molecule has 1 rings (SSSR count). The van der Waals surface area contributed by atoms with E-state index in [4.69, 9.17) is 10.5 Å². The first-order chi connectivity index (χ1) is 9.95. The average molecular weight is 358 g/mol. The minimum absolute atomic E-state index is 0.00925. The summed E-state index contributed by atoms with van der Waals surface area (Å²) in [6.07, 6.45) is 0.925. The molecule has 5 nitrogen and oxygen atoms in total. The van der Waals surface area contributed by atoms with Gasteiger partial charge in [0.1, 0.15) is 0 Å². The SMILES string of the molecule is COCCN(CCCN(C)C)C(=O)c1ccc(Br)c(N)c1. The Morgan fingerprint density at radius 3 is 2.57 bits per heavy atom. The summed E-state index contributed by atoms with van der Waals surface area (Å²) in [5.74, 6) is -0.00925. The number of amides is 1. The Morgan fingerprint density at radius 2 is 2.00 bits per heavy atom. The number of nitrogen functional groups attached to an aromatic ring is 1. The van der Waals surface area contributed by atoms with Crippen LogP contribution in [0.5, 0.6) is 0 Å². The number of halogens is 1. The van der Waals surface area contributed by atoms with Crippen LogP contribution >= 0.6 is 15.9 Å². The van der Waals surface area contributed by atoms with E-state index in [0.29, 0.717) is 30.9 Å². The molecule has 118 valence electrons. The number of hydrogen-bond acceptors (Lipinski definition) is 4. The summed E-state index contributed by atoms with van der Waals surface area (Å²) in [6, 6.07) is 5.30. The Morgan fingerprint density at radius 1 is 1.29 bits per heavy atom. The average Bonchev–Trinajstić information content (AvgIpc) is 2.44. The number of carbonyl (C=O) groups is 1. The summed E-state index contributed by atoms with van der Waals surface area (Å²) in [5.41, 5.74) is 7.03. The molecule has 1 amide bonds. The van der Waals surface area contributed by atoms with Gasteiger partial charge in [-0.05, 0) is 61.2 Å². The van der Waals surface area contributed by atoms with Crippen LogP contribution in [0.4, 0.5) is 5.69 Å². The lowest BCUT2D eigenvalue weighted by Crippen LogP contribution is -2.36. The fraction of sp³-hybridized carbons (Fsp3) is 0.533. The molecule has 0 atom stereocenters. The molecule has 21 heavy (non-hydrogen) atoms. The first kappa shape index (κ1) is 17.9. The van der Waals surface area contributed by atoms with Gasteiger partial charge in [-0.25, -0.2) is 0 Å². The minimum Gasteiger partial charge on any atom is -0.398 e. The van der Waals surface area contributed by atoms with Gasteiger partial charge in [-0.2, -0.15) is 0 Å². The van der Waals surface area contributed by atoms with Gasteiger partial charge in [-0.3, -0.25) is 4.79 Å². The molecular weight excluding hydrogens is 334 g/mol. The van der Waals surface area contributed by atoms with Crippen LogP contribution in [-0.4, -0.2) is 63.2 Å². The zero-order valence-corrected chi connectivity index (χ0v) is 14.5. The molecule has 0 heterocycles. The van der Waals surface area contributed by atoms with Crippen molar-refractivity contribution in [3.05, 3.63) is 28.2 Å². The van der Waals surface area contributed by atoms with Gasteiger partial charge in [-0.15, -0.1) is 0 Å². The van der Waals surface area contributed by atoms with E-state index in [9.17, 15) is 4.79 Å². The second-order valence-corrected chi connectivity index (χ2v) is 6.03. The number of benzene rings is 1. The Hall–Kier alpha value is -1.11. The molecule has 0 aliphatic carbocycles. The van der Waals surface area contributed by atoms with Crippen LogP contribution in [0.3, 0.4) is 0 Å². The van der Waals surface area contributed by atoms with Crippen molar-refractivity contribution in [2.24, 2.45) is 0 Å². The van der Waals surface area contributed by atoms with Crippen molar-refractivity contribution in [2.75, 3.05) is 53.2 Å². The van der Waals surface area contributed by atoms with Gasteiger partial charge in [0.2, 0.25) is 0 Å². The molecule has 2 N–H and O–H groups in total. The number of methoxy groups -OCH3 is 1. The molecule has 0 bridgehead atoms. The monoisotopic (exact) mass is 357 g/mol. The van der Waals surface area contributed by atoms with E-state index in [2.05, 4.69) is 20.8 Å². The second-order valence-electron chi connectivity index (χ2n) is 5.18. The van der Waals surface area contributed by atoms with Crippen molar-refractivity contribution >= 4 is 27.5 Å². The molecule has 6 heteroatoms.